The van der Waals surface area contributed by atoms with Crippen LogP contribution < -0.4 is 5.56 Å². The summed E-state index contributed by atoms with van der Waals surface area (Å²) >= 11 is 0. The Balaban J connectivity index is 3.18. The van der Waals surface area contributed by atoms with E-state index < -0.39 is 12.0 Å². The Morgan fingerprint density at radius 3 is 2.52 bits per heavy atom. The van der Waals surface area contributed by atoms with Gasteiger partial charge in [-0.1, -0.05) is 13.8 Å². The van der Waals surface area contributed by atoms with E-state index in [0.29, 0.717) is 12.8 Å². The predicted octanol–water partition coefficient (Wildman–Crippen LogP) is 1.33. The highest BCUT2D eigenvalue weighted by molar-refractivity contribution is 5.71. The molecule has 6 nitrogen and oxygen atoms in total. The second-order valence-electron chi connectivity index (χ2n) is 6.09. The molecule has 0 aliphatic heterocycles. The number of hydrogen-bond acceptors (Lipinski definition) is 4. The topological polar surface area (TPSA) is 75.4 Å². The van der Waals surface area contributed by atoms with Crippen LogP contribution in [-0.4, -0.2) is 46.4 Å². The van der Waals surface area contributed by atoms with Gasteiger partial charge >= 0.3 is 5.97 Å². The maximum absolute atomic E-state index is 12.1. The first-order valence-electron chi connectivity index (χ1n) is 7.19. The molecule has 1 N–H and O–H groups in total. The zero-order chi connectivity index (χ0) is 16.2. The lowest BCUT2D eigenvalue weighted by Crippen LogP contribution is -2.34. The van der Waals surface area contributed by atoms with Crippen LogP contribution in [0, 0.1) is 12.8 Å². The van der Waals surface area contributed by atoms with Crippen LogP contribution >= 0.6 is 0 Å². The van der Waals surface area contributed by atoms with Gasteiger partial charge in [0.2, 0.25) is 0 Å². The Labute approximate surface area is 125 Å². The van der Waals surface area contributed by atoms with Gasteiger partial charge in [-0.05, 0) is 38.9 Å². The Kier molecular flexibility index (Phi) is 6.08. The average Bonchev–Trinajstić information content (AvgIpc) is 2.34. The highest BCUT2D eigenvalue weighted by Crippen LogP contribution is 2.16. The molecule has 0 amide bonds. The average molecular weight is 295 g/mol. The van der Waals surface area contributed by atoms with Gasteiger partial charge in [0.1, 0.15) is 0 Å². The van der Waals surface area contributed by atoms with Crippen molar-refractivity contribution in [3.63, 3.8) is 0 Å². The molecule has 0 aromatic carbocycles. The molecule has 1 aromatic heterocycles. The van der Waals surface area contributed by atoms with E-state index in [0.717, 1.165) is 22.5 Å². The standard InChI is InChI=1S/C15H25N3O3/c1-10(2)8-13(15(20)21)18-14(19)9-11(3)12(16-18)6-7-17(4)5/h9-10,13H,6-8H2,1-5H3,(H,20,21)/t13-/m0/s1. The van der Waals surface area contributed by atoms with Crippen LogP contribution in [0.5, 0.6) is 0 Å². The van der Waals surface area contributed by atoms with E-state index in [1.807, 2.05) is 39.8 Å². The molecule has 0 saturated carbocycles. The van der Waals surface area contributed by atoms with Gasteiger partial charge in [0.25, 0.3) is 5.56 Å². The van der Waals surface area contributed by atoms with E-state index in [1.54, 1.807) is 0 Å². The molecular weight excluding hydrogens is 270 g/mol. The highest BCUT2D eigenvalue weighted by Gasteiger charge is 2.24. The minimum atomic E-state index is -1.01. The lowest BCUT2D eigenvalue weighted by molar-refractivity contribution is -0.141. The third-order valence-corrected chi connectivity index (χ3v) is 3.32. The van der Waals surface area contributed by atoms with Crippen LogP contribution in [0.3, 0.4) is 0 Å². The fourth-order valence-electron chi connectivity index (χ4n) is 2.14. The molecule has 0 unspecified atom stereocenters. The summed E-state index contributed by atoms with van der Waals surface area (Å²) < 4.78 is 1.13. The molecule has 0 aliphatic carbocycles. The van der Waals surface area contributed by atoms with Gasteiger partial charge in [0.05, 0.1) is 5.69 Å². The molecule has 1 heterocycles. The number of aromatic nitrogens is 2. The van der Waals surface area contributed by atoms with Gasteiger partial charge in [0, 0.05) is 19.0 Å². The molecule has 118 valence electrons. The number of aryl methyl sites for hydroxylation is 1. The van der Waals surface area contributed by atoms with Crippen molar-refractivity contribution in [1.82, 2.24) is 14.7 Å². The molecular formula is C15H25N3O3. The molecule has 1 rings (SSSR count). The van der Waals surface area contributed by atoms with Crippen molar-refractivity contribution < 1.29 is 9.90 Å². The van der Waals surface area contributed by atoms with Crippen LogP contribution in [-0.2, 0) is 11.2 Å². The molecule has 0 radical (unpaired) electrons. The summed E-state index contributed by atoms with van der Waals surface area (Å²) in [6, 6.07) is 0.574. The Morgan fingerprint density at radius 2 is 2.05 bits per heavy atom. The van der Waals surface area contributed by atoms with Gasteiger partial charge in [-0.3, -0.25) is 4.79 Å². The Bertz CT molecular complexity index is 550. The van der Waals surface area contributed by atoms with Gasteiger partial charge < -0.3 is 10.0 Å². The number of nitrogens with zero attached hydrogens (tertiary/aromatic N) is 3. The van der Waals surface area contributed by atoms with E-state index in [1.165, 1.54) is 6.07 Å². The molecule has 0 fully saturated rings. The Hall–Kier alpha value is -1.69. The van der Waals surface area contributed by atoms with E-state index in [9.17, 15) is 14.7 Å². The van der Waals surface area contributed by atoms with Crippen molar-refractivity contribution in [2.45, 2.75) is 39.7 Å². The van der Waals surface area contributed by atoms with E-state index in [2.05, 4.69) is 5.10 Å². The highest BCUT2D eigenvalue weighted by atomic mass is 16.4. The smallest absolute Gasteiger partial charge is 0.328 e. The van der Waals surface area contributed by atoms with Crippen molar-refractivity contribution in [3.8, 4) is 0 Å². The van der Waals surface area contributed by atoms with Crippen molar-refractivity contribution in [3.05, 3.63) is 27.7 Å². The molecule has 0 aliphatic rings. The quantitative estimate of drug-likeness (QED) is 0.821. The lowest BCUT2D eigenvalue weighted by atomic mass is 10.0. The van der Waals surface area contributed by atoms with Crippen LogP contribution in [0.4, 0.5) is 0 Å². The van der Waals surface area contributed by atoms with Crippen molar-refractivity contribution in [1.29, 1.82) is 0 Å². The fourth-order valence-corrected chi connectivity index (χ4v) is 2.14. The van der Waals surface area contributed by atoms with Crippen molar-refractivity contribution in [2.75, 3.05) is 20.6 Å². The number of carboxylic acid groups (broad SMARTS) is 1. The molecule has 0 bridgehead atoms. The Morgan fingerprint density at radius 1 is 1.43 bits per heavy atom. The zero-order valence-electron chi connectivity index (χ0n) is 13.5. The normalized spacial score (nSPS) is 12.9. The summed E-state index contributed by atoms with van der Waals surface area (Å²) in [6.45, 7) is 6.50. The second kappa shape index (κ2) is 7.36. The largest absolute Gasteiger partial charge is 0.480 e. The number of hydrogen-bond donors (Lipinski definition) is 1. The predicted molar refractivity (Wildman–Crippen MR) is 81.6 cm³/mol. The number of likely N-dealkylation sites (N-methyl/N-ethyl adjacent to an activating group) is 1. The molecule has 21 heavy (non-hydrogen) atoms. The van der Waals surface area contributed by atoms with Crippen LogP contribution in [0.25, 0.3) is 0 Å². The van der Waals surface area contributed by atoms with Gasteiger partial charge in [-0.15, -0.1) is 0 Å². The first kappa shape index (κ1) is 17.4. The summed E-state index contributed by atoms with van der Waals surface area (Å²) in [5.41, 5.74) is 1.24. The SMILES string of the molecule is Cc1cc(=O)n([C@@H](CC(C)C)C(=O)O)nc1CCN(C)C. The monoisotopic (exact) mass is 295 g/mol. The maximum Gasteiger partial charge on any atom is 0.328 e. The first-order valence-corrected chi connectivity index (χ1v) is 7.19. The summed E-state index contributed by atoms with van der Waals surface area (Å²) in [4.78, 5) is 25.6. The molecule has 6 heteroatoms. The van der Waals surface area contributed by atoms with Crippen LogP contribution in [0.2, 0.25) is 0 Å². The molecule has 0 saturated heterocycles. The minimum Gasteiger partial charge on any atom is -0.480 e. The number of rotatable bonds is 7. The zero-order valence-corrected chi connectivity index (χ0v) is 13.5. The van der Waals surface area contributed by atoms with Gasteiger partial charge in [0.15, 0.2) is 6.04 Å². The lowest BCUT2D eigenvalue weighted by Gasteiger charge is -2.18. The second-order valence-corrected chi connectivity index (χ2v) is 6.09. The summed E-state index contributed by atoms with van der Waals surface area (Å²) in [7, 11) is 3.92. The summed E-state index contributed by atoms with van der Waals surface area (Å²) in [6.07, 6.45) is 1.07. The molecule has 1 aromatic rings. The van der Waals surface area contributed by atoms with Gasteiger partial charge in [-0.25, -0.2) is 9.48 Å². The van der Waals surface area contributed by atoms with Crippen molar-refractivity contribution in [2.24, 2.45) is 5.92 Å². The van der Waals surface area contributed by atoms with Gasteiger partial charge in [-0.2, -0.15) is 5.10 Å². The van der Waals surface area contributed by atoms with E-state index >= 15 is 0 Å². The number of carbonyl (C=O) groups is 1. The van der Waals surface area contributed by atoms with E-state index in [-0.39, 0.29) is 11.5 Å². The number of carboxylic acids is 1. The first-order chi connectivity index (χ1) is 9.72. The third-order valence-electron chi connectivity index (χ3n) is 3.32. The van der Waals surface area contributed by atoms with Crippen LogP contribution in [0.1, 0.15) is 37.6 Å². The van der Waals surface area contributed by atoms with E-state index in [4.69, 9.17) is 0 Å². The molecule has 1 atom stereocenters. The molecule has 0 spiro atoms. The third kappa shape index (κ3) is 4.97. The minimum absolute atomic E-state index is 0.173. The summed E-state index contributed by atoms with van der Waals surface area (Å²) in [5.74, 6) is -0.841. The fraction of sp³-hybridized carbons (Fsp3) is 0.667. The van der Waals surface area contributed by atoms with Crippen LogP contribution in [0.15, 0.2) is 10.9 Å². The summed E-state index contributed by atoms with van der Waals surface area (Å²) in [5, 5.41) is 13.7. The maximum atomic E-state index is 12.1. The van der Waals surface area contributed by atoms with Crippen molar-refractivity contribution >= 4 is 5.97 Å². The number of aliphatic carboxylic acids is 1.